The van der Waals surface area contributed by atoms with Gasteiger partial charge < -0.3 is 4.74 Å². The molecule has 2 heteroatoms. The molecule has 1 aromatic rings. The minimum absolute atomic E-state index is 0.593. The predicted octanol–water partition coefficient (Wildman–Crippen LogP) is 3.55. The number of thioether (sulfide) groups is 1. The van der Waals surface area contributed by atoms with Gasteiger partial charge in [-0.15, -0.1) is 0 Å². The van der Waals surface area contributed by atoms with Gasteiger partial charge in [0.2, 0.25) is 0 Å². The zero-order chi connectivity index (χ0) is 10.4. The van der Waals surface area contributed by atoms with Crippen LogP contribution in [-0.2, 0) is 0 Å². The first-order chi connectivity index (χ1) is 6.74. The minimum Gasteiger partial charge on any atom is -0.493 e. The van der Waals surface area contributed by atoms with Gasteiger partial charge in [-0.1, -0.05) is 26.0 Å². The molecular weight excluding hydrogens is 192 g/mol. The number of hydrogen-bond acceptors (Lipinski definition) is 2. The molecule has 0 amide bonds. The van der Waals surface area contributed by atoms with Gasteiger partial charge in [0.15, 0.2) is 0 Å². The van der Waals surface area contributed by atoms with Gasteiger partial charge >= 0.3 is 0 Å². The van der Waals surface area contributed by atoms with Gasteiger partial charge in [0.05, 0.1) is 6.61 Å². The summed E-state index contributed by atoms with van der Waals surface area (Å²) in [7, 11) is 0. The maximum absolute atomic E-state index is 5.56. The number of benzene rings is 1. The van der Waals surface area contributed by atoms with Crippen LogP contribution in [-0.4, -0.2) is 18.6 Å². The maximum Gasteiger partial charge on any atom is 0.119 e. The lowest BCUT2D eigenvalue weighted by Gasteiger charge is -2.08. The van der Waals surface area contributed by atoms with E-state index in [1.54, 1.807) is 11.8 Å². The van der Waals surface area contributed by atoms with E-state index in [9.17, 15) is 0 Å². The van der Waals surface area contributed by atoms with E-state index in [-0.39, 0.29) is 0 Å². The first-order valence-electron chi connectivity index (χ1n) is 4.95. The molecule has 0 aliphatic heterocycles. The Balaban J connectivity index is 2.47. The molecule has 0 aromatic heterocycles. The molecule has 0 aliphatic carbocycles. The highest BCUT2D eigenvalue weighted by molar-refractivity contribution is 7.98. The lowest BCUT2D eigenvalue weighted by Crippen LogP contribution is -1.99. The molecule has 1 rings (SSSR count). The molecule has 1 aromatic carbocycles. The van der Waals surface area contributed by atoms with E-state index in [1.165, 1.54) is 5.56 Å². The highest BCUT2D eigenvalue weighted by atomic mass is 32.2. The second-order valence-electron chi connectivity index (χ2n) is 3.56. The van der Waals surface area contributed by atoms with Crippen LogP contribution in [0.4, 0.5) is 0 Å². The van der Waals surface area contributed by atoms with E-state index in [2.05, 4.69) is 44.4 Å². The van der Waals surface area contributed by atoms with Crippen LogP contribution < -0.4 is 4.74 Å². The lowest BCUT2D eigenvalue weighted by atomic mass is 10.0. The number of hydrogen-bond donors (Lipinski definition) is 0. The van der Waals surface area contributed by atoms with Crippen molar-refractivity contribution in [1.29, 1.82) is 0 Å². The minimum atomic E-state index is 0.593. The van der Waals surface area contributed by atoms with Crippen LogP contribution in [0.25, 0.3) is 0 Å². The Morgan fingerprint density at radius 2 is 1.86 bits per heavy atom. The first-order valence-corrected chi connectivity index (χ1v) is 6.35. The molecule has 0 aliphatic rings. The third-order valence-electron chi connectivity index (χ3n) is 2.10. The molecule has 0 atom stereocenters. The van der Waals surface area contributed by atoms with Crippen molar-refractivity contribution >= 4 is 11.8 Å². The molecule has 0 unspecified atom stereocenters. The molecule has 0 fully saturated rings. The summed E-state index contributed by atoms with van der Waals surface area (Å²) in [4.78, 5) is 0. The molecule has 0 saturated heterocycles. The summed E-state index contributed by atoms with van der Waals surface area (Å²) >= 11 is 1.80. The summed E-state index contributed by atoms with van der Waals surface area (Å²) in [6.07, 6.45) is 2.09. The molecule has 1 nitrogen and oxygen atoms in total. The maximum atomic E-state index is 5.56. The molecule has 0 radical (unpaired) electrons. The first kappa shape index (κ1) is 11.4. The van der Waals surface area contributed by atoms with Gasteiger partial charge in [-0.3, -0.25) is 0 Å². The smallest absolute Gasteiger partial charge is 0.119 e. The summed E-state index contributed by atoms with van der Waals surface area (Å²) < 4.78 is 5.56. The van der Waals surface area contributed by atoms with Gasteiger partial charge in [-0.05, 0) is 29.9 Å². The van der Waals surface area contributed by atoms with E-state index in [0.717, 1.165) is 18.1 Å². The molecule has 0 heterocycles. The van der Waals surface area contributed by atoms with Crippen molar-refractivity contribution in [2.75, 3.05) is 18.6 Å². The van der Waals surface area contributed by atoms with Gasteiger partial charge in [0, 0.05) is 5.75 Å². The van der Waals surface area contributed by atoms with Crippen molar-refractivity contribution in [3.8, 4) is 5.75 Å². The summed E-state index contributed by atoms with van der Waals surface area (Å²) in [5.74, 6) is 2.62. The highest BCUT2D eigenvalue weighted by Crippen LogP contribution is 2.18. The number of rotatable bonds is 5. The van der Waals surface area contributed by atoms with Crippen LogP contribution >= 0.6 is 11.8 Å². The van der Waals surface area contributed by atoms with E-state index in [4.69, 9.17) is 4.74 Å². The summed E-state index contributed by atoms with van der Waals surface area (Å²) in [6, 6.07) is 8.38. The fraction of sp³-hybridized carbons (Fsp3) is 0.500. The van der Waals surface area contributed by atoms with Crippen molar-refractivity contribution < 1.29 is 4.74 Å². The second-order valence-corrected chi connectivity index (χ2v) is 4.55. The van der Waals surface area contributed by atoms with Crippen molar-refractivity contribution in [3.63, 3.8) is 0 Å². The van der Waals surface area contributed by atoms with Crippen LogP contribution in [0.5, 0.6) is 5.75 Å². The Bertz CT molecular complexity index is 254. The standard InChI is InChI=1S/C12H18OS/c1-10(2)11-4-6-12(7-5-11)13-8-9-14-3/h4-7,10H,8-9H2,1-3H3. The Kier molecular flexibility index (Phi) is 4.88. The van der Waals surface area contributed by atoms with Crippen molar-refractivity contribution in [2.45, 2.75) is 19.8 Å². The van der Waals surface area contributed by atoms with Gasteiger partial charge in [0.1, 0.15) is 5.75 Å². The largest absolute Gasteiger partial charge is 0.493 e. The third-order valence-corrected chi connectivity index (χ3v) is 2.68. The quantitative estimate of drug-likeness (QED) is 0.687. The van der Waals surface area contributed by atoms with E-state index in [0.29, 0.717) is 5.92 Å². The van der Waals surface area contributed by atoms with Crippen LogP contribution in [0.15, 0.2) is 24.3 Å². The molecule has 0 saturated carbocycles. The van der Waals surface area contributed by atoms with E-state index >= 15 is 0 Å². The Labute approximate surface area is 90.9 Å². The molecule has 14 heavy (non-hydrogen) atoms. The normalized spacial score (nSPS) is 10.6. The summed E-state index contributed by atoms with van der Waals surface area (Å²) in [5, 5.41) is 0. The second kappa shape index (κ2) is 5.97. The molecule has 0 N–H and O–H groups in total. The molecule has 0 bridgehead atoms. The highest BCUT2D eigenvalue weighted by Gasteiger charge is 1.98. The molecular formula is C12H18OS. The van der Waals surface area contributed by atoms with Crippen LogP contribution in [0.1, 0.15) is 25.3 Å². The van der Waals surface area contributed by atoms with Crippen LogP contribution in [0.2, 0.25) is 0 Å². The Morgan fingerprint density at radius 1 is 1.21 bits per heavy atom. The SMILES string of the molecule is CSCCOc1ccc(C(C)C)cc1. The lowest BCUT2D eigenvalue weighted by molar-refractivity contribution is 0.344. The van der Waals surface area contributed by atoms with Gasteiger partial charge in [-0.2, -0.15) is 11.8 Å². The van der Waals surface area contributed by atoms with Crippen molar-refractivity contribution in [1.82, 2.24) is 0 Å². The molecule has 78 valence electrons. The predicted molar refractivity (Wildman–Crippen MR) is 64.4 cm³/mol. The Hall–Kier alpha value is -0.630. The van der Waals surface area contributed by atoms with E-state index in [1.807, 2.05) is 0 Å². The molecule has 0 spiro atoms. The van der Waals surface area contributed by atoms with Crippen LogP contribution in [0, 0.1) is 0 Å². The summed E-state index contributed by atoms with van der Waals surface area (Å²) in [6.45, 7) is 5.19. The van der Waals surface area contributed by atoms with Crippen LogP contribution in [0.3, 0.4) is 0 Å². The monoisotopic (exact) mass is 210 g/mol. The average molecular weight is 210 g/mol. The number of ether oxygens (including phenoxy) is 1. The van der Waals surface area contributed by atoms with Gasteiger partial charge in [-0.25, -0.2) is 0 Å². The van der Waals surface area contributed by atoms with Gasteiger partial charge in [0.25, 0.3) is 0 Å². The Morgan fingerprint density at radius 3 is 2.36 bits per heavy atom. The topological polar surface area (TPSA) is 9.23 Å². The fourth-order valence-electron chi connectivity index (χ4n) is 1.19. The zero-order valence-electron chi connectivity index (χ0n) is 9.12. The fourth-order valence-corrected chi connectivity index (χ4v) is 1.44. The zero-order valence-corrected chi connectivity index (χ0v) is 9.93. The summed E-state index contributed by atoms with van der Waals surface area (Å²) in [5.41, 5.74) is 1.36. The average Bonchev–Trinajstić information content (AvgIpc) is 2.19. The van der Waals surface area contributed by atoms with Crippen molar-refractivity contribution in [3.05, 3.63) is 29.8 Å². The van der Waals surface area contributed by atoms with Crippen molar-refractivity contribution in [2.24, 2.45) is 0 Å². The van der Waals surface area contributed by atoms with E-state index < -0.39 is 0 Å². The third kappa shape index (κ3) is 3.62.